The highest BCUT2D eigenvalue weighted by atomic mass is 32.1. The monoisotopic (exact) mass is 296 g/mol. The van der Waals surface area contributed by atoms with Crippen LogP contribution in [0.2, 0.25) is 0 Å². The van der Waals surface area contributed by atoms with E-state index in [1.807, 2.05) is 13.8 Å². The van der Waals surface area contributed by atoms with Gasteiger partial charge in [-0.25, -0.2) is 9.78 Å². The Kier molecular flexibility index (Phi) is 4.33. The van der Waals surface area contributed by atoms with Crippen LogP contribution in [0.5, 0.6) is 0 Å². The SMILES string of the molecule is Cc1nc(CCNC(=O)C[C@@H]2NC(=O)NC2=O)sc1C. The molecule has 1 aliphatic heterocycles. The summed E-state index contributed by atoms with van der Waals surface area (Å²) in [5, 5.41) is 8.17. The molecule has 108 valence electrons. The fraction of sp³-hybridized carbons (Fsp3) is 0.500. The number of nitrogens with one attached hydrogen (secondary N) is 3. The van der Waals surface area contributed by atoms with Gasteiger partial charge in [-0.3, -0.25) is 14.9 Å². The number of hydrogen-bond acceptors (Lipinski definition) is 5. The van der Waals surface area contributed by atoms with Crippen molar-refractivity contribution in [2.24, 2.45) is 0 Å². The summed E-state index contributed by atoms with van der Waals surface area (Å²) in [5.74, 6) is -0.728. The van der Waals surface area contributed by atoms with Gasteiger partial charge in [0.15, 0.2) is 0 Å². The molecule has 0 spiro atoms. The molecule has 0 aliphatic carbocycles. The van der Waals surface area contributed by atoms with Gasteiger partial charge in [0.2, 0.25) is 5.91 Å². The Labute approximate surface area is 120 Å². The zero-order valence-corrected chi connectivity index (χ0v) is 12.1. The number of urea groups is 1. The summed E-state index contributed by atoms with van der Waals surface area (Å²) < 4.78 is 0. The lowest BCUT2D eigenvalue weighted by Gasteiger charge is -2.07. The van der Waals surface area contributed by atoms with E-state index < -0.39 is 18.0 Å². The molecule has 3 N–H and O–H groups in total. The summed E-state index contributed by atoms with van der Waals surface area (Å²) >= 11 is 1.62. The van der Waals surface area contributed by atoms with Crippen LogP contribution < -0.4 is 16.0 Å². The first-order chi connectivity index (χ1) is 9.45. The molecule has 2 heterocycles. The molecule has 1 atom stereocenters. The number of rotatable bonds is 5. The maximum Gasteiger partial charge on any atom is 0.322 e. The minimum absolute atomic E-state index is 0.0481. The standard InChI is InChI=1S/C12H16N4O3S/c1-6-7(2)20-10(14-6)3-4-13-9(17)5-8-11(18)16-12(19)15-8/h8H,3-5H2,1-2H3,(H,13,17)(H2,15,16,18,19)/t8-/m0/s1. The number of aryl methyl sites for hydroxylation is 2. The van der Waals surface area contributed by atoms with Gasteiger partial charge in [0.1, 0.15) is 6.04 Å². The summed E-state index contributed by atoms with van der Waals surface area (Å²) in [6.45, 7) is 4.43. The fourth-order valence-corrected chi connectivity index (χ4v) is 2.75. The molecule has 0 bridgehead atoms. The van der Waals surface area contributed by atoms with E-state index in [0.717, 1.165) is 10.7 Å². The van der Waals surface area contributed by atoms with Crippen molar-refractivity contribution in [2.75, 3.05) is 6.54 Å². The minimum atomic E-state index is -0.771. The highest BCUT2D eigenvalue weighted by molar-refractivity contribution is 7.11. The van der Waals surface area contributed by atoms with Crippen molar-refractivity contribution in [3.05, 3.63) is 15.6 Å². The number of aromatic nitrogens is 1. The van der Waals surface area contributed by atoms with Gasteiger partial charge in [0.05, 0.1) is 17.1 Å². The van der Waals surface area contributed by atoms with Crippen molar-refractivity contribution in [1.29, 1.82) is 0 Å². The molecular formula is C12H16N4O3S. The largest absolute Gasteiger partial charge is 0.356 e. The van der Waals surface area contributed by atoms with Gasteiger partial charge in [-0.2, -0.15) is 0 Å². The molecular weight excluding hydrogens is 280 g/mol. The third-order valence-corrected chi connectivity index (χ3v) is 4.11. The van der Waals surface area contributed by atoms with E-state index in [2.05, 4.69) is 20.9 Å². The molecule has 0 radical (unpaired) electrons. The normalized spacial score (nSPS) is 17.8. The van der Waals surface area contributed by atoms with Gasteiger partial charge in [-0.05, 0) is 13.8 Å². The maximum atomic E-state index is 11.7. The molecule has 1 fully saturated rings. The molecule has 1 aliphatic rings. The first kappa shape index (κ1) is 14.4. The number of carbonyl (C=O) groups excluding carboxylic acids is 3. The highest BCUT2D eigenvalue weighted by Gasteiger charge is 2.31. The van der Waals surface area contributed by atoms with Gasteiger partial charge < -0.3 is 10.6 Å². The Morgan fingerprint density at radius 3 is 2.70 bits per heavy atom. The number of thiazole rings is 1. The van der Waals surface area contributed by atoms with E-state index in [1.54, 1.807) is 11.3 Å². The van der Waals surface area contributed by atoms with Crippen LogP contribution >= 0.6 is 11.3 Å². The predicted molar refractivity (Wildman–Crippen MR) is 73.4 cm³/mol. The van der Waals surface area contributed by atoms with Crippen LogP contribution in [0.3, 0.4) is 0 Å². The Balaban J connectivity index is 1.73. The van der Waals surface area contributed by atoms with Crippen LogP contribution in [0.4, 0.5) is 4.79 Å². The van der Waals surface area contributed by atoms with Crippen LogP contribution in [0.25, 0.3) is 0 Å². The van der Waals surface area contributed by atoms with Crippen molar-refractivity contribution >= 4 is 29.2 Å². The second-order valence-corrected chi connectivity index (χ2v) is 5.86. The first-order valence-electron chi connectivity index (χ1n) is 6.26. The maximum absolute atomic E-state index is 11.7. The number of hydrogen-bond donors (Lipinski definition) is 3. The molecule has 0 saturated carbocycles. The topological polar surface area (TPSA) is 100 Å². The quantitative estimate of drug-likeness (QED) is 0.667. The average molecular weight is 296 g/mol. The third kappa shape index (κ3) is 3.53. The minimum Gasteiger partial charge on any atom is -0.356 e. The van der Waals surface area contributed by atoms with E-state index in [1.165, 1.54) is 4.88 Å². The van der Waals surface area contributed by atoms with Gasteiger partial charge in [-0.15, -0.1) is 11.3 Å². The number of carbonyl (C=O) groups is 3. The van der Waals surface area contributed by atoms with Crippen LogP contribution in [-0.2, 0) is 16.0 Å². The molecule has 0 unspecified atom stereocenters. The Morgan fingerprint density at radius 2 is 2.15 bits per heavy atom. The second-order valence-electron chi connectivity index (χ2n) is 4.57. The lowest BCUT2D eigenvalue weighted by Crippen LogP contribution is -2.36. The van der Waals surface area contributed by atoms with Crippen LogP contribution in [0.1, 0.15) is 22.0 Å². The summed E-state index contributed by atoms with van der Waals surface area (Å²) in [6, 6.07) is -1.33. The molecule has 1 saturated heterocycles. The summed E-state index contributed by atoms with van der Waals surface area (Å²) in [6.07, 6.45) is 0.613. The second kappa shape index (κ2) is 6.00. The van der Waals surface area contributed by atoms with E-state index in [4.69, 9.17) is 0 Å². The third-order valence-electron chi connectivity index (χ3n) is 2.98. The van der Waals surface area contributed by atoms with Crippen molar-refractivity contribution in [3.63, 3.8) is 0 Å². The predicted octanol–water partition coefficient (Wildman–Crippen LogP) is 0.0167. The molecule has 20 heavy (non-hydrogen) atoms. The number of nitrogens with zero attached hydrogens (tertiary/aromatic N) is 1. The van der Waals surface area contributed by atoms with E-state index in [0.29, 0.717) is 13.0 Å². The van der Waals surface area contributed by atoms with Crippen molar-refractivity contribution < 1.29 is 14.4 Å². The van der Waals surface area contributed by atoms with E-state index in [-0.39, 0.29) is 12.3 Å². The summed E-state index contributed by atoms with van der Waals surface area (Å²) in [4.78, 5) is 39.4. The van der Waals surface area contributed by atoms with Gasteiger partial charge >= 0.3 is 6.03 Å². The van der Waals surface area contributed by atoms with Crippen LogP contribution in [-0.4, -0.2) is 35.4 Å². The van der Waals surface area contributed by atoms with Gasteiger partial charge in [0, 0.05) is 17.8 Å². The van der Waals surface area contributed by atoms with Gasteiger partial charge in [-0.1, -0.05) is 0 Å². The van der Waals surface area contributed by atoms with Gasteiger partial charge in [0.25, 0.3) is 5.91 Å². The number of amides is 4. The highest BCUT2D eigenvalue weighted by Crippen LogP contribution is 2.16. The molecule has 4 amide bonds. The molecule has 7 nitrogen and oxygen atoms in total. The van der Waals surface area contributed by atoms with E-state index >= 15 is 0 Å². The van der Waals surface area contributed by atoms with E-state index in [9.17, 15) is 14.4 Å². The Hall–Kier alpha value is -1.96. The average Bonchev–Trinajstić information content (AvgIpc) is 2.83. The zero-order valence-electron chi connectivity index (χ0n) is 11.3. The molecule has 2 rings (SSSR count). The molecule has 1 aromatic heterocycles. The Morgan fingerprint density at radius 1 is 1.40 bits per heavy atom. The first-order valence-corrected chi connectivity index (χ1v) is 7.08. The molecule has 0 aromatic carbocycles. The summed E-state index contributed by atoms with van der Waals surface area (Å²) in [5.41, 5.74) is 1.02. The van der Waals surface area contributed by atoms with Crippen molar-refractivity contribution in [1.82, 2.24) is 20.9 Å². The molecule has 8 heteroatoms. The van der Waals surface area contributed by atoms with Crippen LogP contribution in [0, 0.1) is 13.8 Å². The Bertz CT molecular complexity index is 535. The summed E-state index contributed by atoms with van der Waals surface area (Å²) in [7, 11) is 0. The smallest absolute Gasteiger partial charge is 0.322 e. The lowest BCUT2D eigenvalue weighted by atomic mass is 10.2. The van der Waals surface area contributed by atoms with Crippen molar-refractivity contribution in [3.8, 4) is 0 Å². The fourth-order valence-electron chi connectivity index (χ4n) is 1.82. The zero-order chi connectivity index (χ0) is 14.7. The molecule has 1 aromatic rings. The van der Waals surface area contributed by atoms with Crippen molar-refractivity contribution in [2.45, 2.75) is 32.7 Å². The van der Waals surface area contributed by atoms with Crippen LogP contribution in [0.15, 0.2) is 0 Å². The number of imide groups is 1. The lowest BCUT2D eigenvalue weighted by molar-refractivity contribution is -0.126.